The molecule has 2 atom stereocenters. The number of hydrogen-bond acceptors (Lipinski definition) is 6. The Morgan fingerprint density at radius 3 is 2.33 bits per heavy atom. The van der Waals surface area contributed by atoms with Crippen molar-refractivity contribution in [3.05, 3.63) is 54.6 Å². The molecule has 4 rings (SSSR count). The predicted octanol–water partition coefficient (Wildman–Crippen LogP) is 2.02. The third-order valence-corrected chi connectivity index (χ3v) is 4.76. The molecule has 0 radical (unpaired) electrons. The average Bonchev–Trinajstić information content (AvgIpc) is 3.20. The van der Waals surface area contributed by atoms with E-state index < -0.39 is 23.8 Å². The zero-order valence-electron chi connectivity index (χ0n) is 14.8. The molecule has 1 fully saturated rings. The second kappa shape index (κ2) is 6.35. The molecule has 7 nitrogen and oxygen atoms in total. The lowest BCUT2D eigenvalue weighted by atomic mass is 9.95. The quantitative estimate of drug-likeness (QED) is 0.777. The van der Waals surface area contributed by atoms with Crippen molar-refractivity contribution in [3.63, 3.8) is 0 Å². The molecule has 0 spiro atoms. The van der Waals surface area contributed by atoms with Gasteiger partial charge < -0.3 is 4.74 Å². The van der Waals surface area contributed by atoms with Crippen LogP contribution in [0.4, 0.5) is 11.4 Å². The fourth-order valence-corrected chi connectivity index (χ4v) is 3.55. The van der Waals surface area contributed by atoms with Crippen LogP contribution in [0.2, 0.25) is 0 Å². The zero-order chi connectivity index (χ0) is 19.1. The van der Waals surface area contributed by atoms with Crippen molar-refractivity contribution in [3.8, 4) is 5.75 Å². The molecule has 0 aliphatic carbocycles. The van der Waals surface area contributed by atoms with Gasteiger partial charge in [-0.25, -0.2) is 4.90 Å². The van der Waals surface area contributed by atoms with Crippen molar-refractivity contribution in [2.45, 2.75) is 13.0 Å². The molecular weight excluding hydrogens is 346 g/mol. The molecule has 0 bridgehead atoms. The van der Waals surface area contributed by atoms with E-state index in [1.165, 1.54) is 19.0 Å². The minimum absolute atomic E-state index is 0.0969. The van der Waals surface area contributed by atoms with Crippen molar-refractivity contribution >= 4 is 34.7 Å². The third kappa shape index (κ3) is 2.51. The topological polar surface area (TPSA) is 79.3 Å². The summed E-state index contributed by atoms with van der Waals surface area (Å²) in [6, 6.07) is 15.0. The van der Waals surface area contributed by atoms with Crippen molar-refractivity contribution in [1.29, 1.82) is 0 Å². The molecule has 2 aromatic carbocycles. The van der Waals surface area contributed by atoms with Gasteiger partial charge in [-0.2, -0.15) is 5.10 Å². The van der Waals surface area contributed by atoms with Crippen LogP contribution in [0.15, 0.2) is 59.7 Å². The van der Waals surface area contributed by atoms with Gasteiger partial charge in [0.1, 0.15) is 23.4 Å². The van der Waals surface area contributed by atoms with E-state index in [-0.39, 0.29) is 11.5 Å². The van der Waals surface area contributed by atoms with E-state index in [9.17, 15) is 14.4 Å². The molecule has 2 aliphatic heterocycles. The summed E-state index contributed by atoms with van der Waals surface area (Å²) in [7, 11) is 1.48. The number of nitrogens with zero attached hydrogens (tertiary/aromatic N) is 3. The van der Waals surface area contributed by atoms with E-state index >= 15 is 0 Å². The molecular formula is C20H17N3O4. The number of anilines is 2. The molecule has 0 unspecified atom stereocenters. The smallest absolute Gasteiger partial charge is 0.260 e. The number of fused-ring (bicyclic) bond motifs is 1. The van der Waals surface area contributed by atoms with Crippen LogP contribution in [0.25, 0.3) is 0 Å². The van der Waals surface area contributed by atoms with Gasteiger partial charge in [-0.3, -0.25) is 19.4 Å². The number of para-hydroxylation sites is 3. The monoisotopic (exact) mass is 363 g/mol. The number of rotatable bonds is 4. The Labute approximate surface area is 155 Å². The first kappa shape index (κ1) is 17.0. The van der Waals surface area contributed by atoms with Gasteiger partial charge in [0.25, 0.3) is 5.91 Å². The highest BCUT2D eigenvalue weighted by molar-refractivity contribution is 6.49. The first-order valence-corrected chi connectivity index (χ1v) is 8.49. The van der Waals surface area contributed by atoms with Gasteiger partial charge in [0, 0.05) is 6.92 Å². The summed E-state index contributed by atoms with van der Waals surface area (Å²) < 4.78 is 5.31. The lowest BCUT2D eigenvalue weighted by Gasteiger charge is -2.22. The summed E-state index contributed by atoms with van der Waals surface area (Å²) in [5.41, 5.74) is 1.10. The molecule has 27 heavy (non-hydrogen) atoms. The fraction of sp³-hybridized carbons (Fsp3) is 0.200. The summed E-state index contributed by atoms with van der Waals surface area (Å²) in [5.74, 6) is -1.75. The van der Waals surface area contributed by atoms with Crippen molar-refractivity contribution < 1.29 is 19.1 Å². The van der Waals surface area contributed by atoms with Crippen LogP contribution in [-0.4, -0.2) is 36.5 Å². The second-order valence-electron chi connectivity index (χ2n) is 6.33. The van der Waals surface area contributed by atoms with Crippen LogP contribution in [0, 0.1) is 5.92 Å². The average molecular weight is 363 g/mol. The van der Waals surface area contributed by atoms with Crippen molar-refractivity contribution in [2.24, 2.45) is 11.0 Å². The highest BCUT2D eigenvalue weighted by atomic mass is 16.5. The largest absolute Gasteiger partial charge is 0.495 e. The van der Waals surface area contributed by atoms with Crippen LogP contribution < -0.4 is 14.6 Å². The van der Waals surface area contributed by atoms with Crippen LogP contribution >= 0.6 is 0 Å². The van der Waals surface area contributed by atoms with E-state index in [1.54, 1.807) is 36.4 Å². The molecule has 2 heterocycles. The van der Waals surface area contributed by atoms with E-state index in [0.29, 0.717) is 17.1 Å². The SMILES string of the molecule is COc1ccccc1N1C(=O)[C@H]2C(C(C)=O)=NN(c3ccccc3)[C@@H]2C1=O. The number of methoxy groups -OCH3 is 1. The molecule has 136 valence electrons. The number of carbonyl (C=O) groups excluding carboxylic acids is 3. The molecule has 0 aromatic heterocycles. The van der Waals surface area contributed by atoms with Gasteiger partial charge in [-0.1, -0.05) is 30.3 Å². The van der Waals surface area contributed by atoms with Gasteiger partial charge in [-0.05, 0) is 24.3 Å². The number of Topliss-reactive ketones (excluding diaryl/α,β-unsaturated/α-hetero) is 1. The molecule has 1 saturated heterocycles. The lowest BCUT2D eigenvalue weighted by molar-refractivity contribution is -0.122. The van der Waals surface area contributed by atoms with Crippen LogP contribution in [0.3, 0.4) is 0 Å². The van der Waals surface area contributed by atoms with Gasteiger partial charge in [-0.15, -0.1) is 0 Å². The second-order valence-corrected chi connectivity index (χ2v) is 6.33. The van der Waals surface area contributed by atoms with Gasteiger partial charge in [0.15, 0.2) is 5.78 Å². The Balaban J connectivity index is 1.82. The summed E-state index contributed by atoms with van der Waals surface area (Å²) >= 11 is 0. The minimum Gasteiger partial charge on any atom is -0.495 e. The number of ether oxygens (including phenoxy) is 1. The zero-order valence-corrected chi connectivity index (χ0v) is 14.8. The standard InChI is InChI=1S/C20H17N3O4/c1-12(24)17-16-18(23(21-17)13-8-4-3-5-9-13)20(26)22(19(16)25)14-10-6-7-11-15(14)27-2/h3-11,16,18H,1-2H3/t16-,18-/m0/s1. The maximum Gasteiger partial charge on any atom is 0.260 e. The predicted molar refractivity (Wildman–Crippen MR) is 99.8 cm³/mol. The Morgan fingerprint density at radius 1 is 1.00 bits per heavy atom. The van der Waals surface area contributed by atoms with E-state index in [1.807, 2.05) is 18.2 Å². The van der Waals surface area contributed by atoms with Crippen molar-refractivity contribution in [2.75, 3.05) is 17.0 Å². The van der Waals surface area contributed by atoms with Crippen LogP contribution in [-0.2, 0) is 14.4 Å². The maximum atomic E-state index is 13.2. The Kier molecular flexibility index (Phi) is 3.99. The summed E-state index contributed by atoms with van der Waals surface area (Å²) in [4.78, 5) is 39.6. The fourth-order valence-electron chi connectivity index (χ4n) is 3.55. The van der Waals surface area contributed by atoms with E-state index in [4.69, 9.17) is 4.74 Å². The first-order chi connectivity index (χ1) is 13.0. The summed E-state index contributed by atoms with van der Waals surface area (Å²) in [6.45, 7) is 1.36. The normalized spacial score (nSPS) is 21.3. The number of hydrogen-bond donors (Lipinski definition) is 0. The van der Waals surface area contributed by atoms with Crippen molar-refractivity contribution in [1.82, 2.24) is 0 Å². The maximum absolute atomic E-state index is 13.2. The Morgan fingerprint density at radius 2 is 1.67 bits per heavy atom. The molecule has 2 amide bonds. The third-order valence-electron chi connectivity index (χ3n) is 4.76. The van der Waals surface area contributed by atoms with E-state index in [2.05, 4.69) is 5.10 Å². The van der Waals surface area contributed by atoms with E-state index in [0.717, 1.165) is 4.90 Å². The Bertz CT molecular complexity index is 970. The molecule has 0 N–H and O–H groups in total. The molecule has 0 saturated carbocycles. The molecule has 7 heteroatoms. The van der Waals surface area contributed by atoms with Gasteiger partial charge >= 0.3 is 0 Å². The number of hydrazone groups is 1. The number of benzene rings is 2. The van der Waals surface area contributed by atoms with Gasteiger partial charge in [0.05, 0.1) is 18.5 Å². The number of amides is 2. The highest BCUT2D eigenvalue weighted by Crippen LogP contribution is 2.40. The first-order valence-electron chi connectivity index (χ1n) is 8.49. The van der Waals surface area contributed by atoms with Crippen LogP contribution in [0.1, 0.15) is 6.92 Å². The number of ketones is 1. The molecule has 2 aromatic rings. The minimum atomic E-state index is -0.930. The lowest BCUT2D eigenvalue weighted by Crippen LogP contribution is -2.39. The van der Waals surface area contributed by atoms with Crippen LogP contribution in [0.5, 0.6) is 5.75 Å². The summed E-state index contributed by atoms with van der Waals surface area (Å²) in [6.07, 6.45) is 0. The number of imide groups is 1. The van der Waals surface area contributed by atoms with Gasteiger partial charge in [0.2, 0.25) is 5.91 Å². The summed E-state index contributed by atoms with van der Waals surface area (Å²) in [5, 5.41) is 5.78. The highest BCUT2D eigenvalue weighted by Gasteiger charge is 2.58. The number of carbonyl (C=O) groups is 3. The Hall–Kier alpha value is -3.48. The molecule has 2 aliphatic rings.